The molecule has 0 amide bonds. The van der Waals surface area contributed by atoms with Crippen LogP contribution >= 0.6 is 0 Å². The summed E-state index contributed by atoms with van der Waals surface area (Å²) < 4.78 is 0. The highest BCUT2D eigenvalue weighted by Crippen LogP contribution is 2.24. The van der Waals surface area contributed by atoms with Gasteiger partial charge in [-0.3, -0.25) is 0 Å². The minimum absolute atomic E-state index is 0.921. The summed E-state index contributed by atoms with van der Waals surface area (Å²) >= 11 is 0. The smallest absolute Gasteiger partial charge is 0.0429 e. The van der Waals surface area contributed by atoms with E-state index in [1.807, 2.05) is 0 Å². The first-order chi connectivity index (χ1) is 16.6. The van der Waals surface area contributed by atoms with Crippen molar-refractivity contribution in [3.63, 3.8) is 0 Å². The SMILES string of the molecule is CCN(Cc1ccc(-c2ccc(CN(CC)c3ccc(C)cc3)cc2)cc1)c1ccc(C)cc1. The largest absolute Gasteiger partial charge is 0.367 e. The minimum Gasteiger partial charge on any atom is -0.367 e. The molecule has 0 N–H and O–H groups in total. The first kappa shape index (κ1) is 23.6. The van der Waals surface area contributed by atoms with Crippen LogP contribution in [0.25, 0.3) is 11.1 Å². The highest BCUT2D eigenvalue weighted by molar-refractivity contribution is 5.64. The third kappa shape index (κ3) is 5.88. The second-order valence-electron chi connectivity index (χ2n) is 9.09. The molecule has 4 aromatic carbocycles. The highest BCUT2D eigenvalue weighted by atomic mass is 15.1. The fraction of sp³-hybridized carbons (Fsp3) is 0.250. The van der Waals surface area contributed by atoms with Gasteiger partial charge in [-0.15, -0.1) is 0 Å². The molecule has 2 heteroatoms. The summed E-state index contributed by atoms with van der Waals surface area (Å²) in [6.07, 6.45) is 0. The highest BCUT2D eigenvalue weighted by Gasteiger charge is 2.08. The zero-order valence-electron chi connectivity index (χ0n) is 21.0. The Kier molecular flexibility index (Phi) is 7.69. The maximum Gasteiger partial charge on any atom is 0.0429 e. The number of benzene rings is 4. The van der Waals surface area contributed by atoms with Crippen LogP contribution in [-0.2, 0) is 13.1 Å². The van der Waals surface area contributed by atoms with Crippen LogP contribution in [-0.4, -0.2) is 13.1 Å². The second kappa shape index (κ2) is 11.1. The first-order valence-electron chi connectivity index (χ1n) is 12.4. The Morgan fingerprint density at radius 2 is 0.765 bits per heavy atom. The van der Waals surface area contributed by atoms with Crippen molar-refractivity contribution in [1.29, 1.82) is 0 Å². The van der Waals surface area contributed by atoms with Gasteiger partial charge in [0.2, 0.25) is 0 Å². The van der Waals surface area contributed by atoms with Crippen LogP contribution in [0, 0.1) is 13.8 Å². The molecule has 0 bridgehead atoms. The zero-order valence-corrected chi connectivity index (χ0v) is 21.0. The van der Waals surface area contributed by atoms with Gasteiger partial charge in [0.05, 0.1) is 0 Å². The average Bonchev–Trinajstić information content (AvgIpc) is 2.88. The first-order valence-corrected chi connectivity index (χ1v) is 12.4. The van der Waals surface area contributed by atoms with E-state index in [9.17, 15) is 0 Å². The number of hydrogen-bond acceptors (Lipinski definition) is 2. The van der Waals surface area contributed by atoms with Crippen LogP contribution in [0.3, 0.4) is 0 Å². The Morgan fingerprint density at radius 3 is 1.06 bits per heavy atom. The fourth-order valence-electron chi connectivity index (χ4n) is 4.33. The molecule has 0 atom stereocenters. The maximum atomic E-state index is 2.41. The summed E-state index contributed by atoms with van der Waals surface area (Å²) in [6.45, 7) is 12.5. The second-order valence-corrected chi connectivity index (χ2v) is 9.09. The molecule has 2 nitrogen and oxygen atoms in total. The number of anilines is 2. The number of rotatable bonds is 9. The number of nitrogens with zero attached hydrogens (tertiary/aromatic N) is 2. The third-order valence-electron chi connectivity index (χ3n) is 6.55. The Hall–Kier alpha value is -3.52. The number of aryl methyl sites for hydroxylation is 2. The molecular weight excluding hydrogens is 412 g/mol. The molecule has 0 unspecified atom stereocenters. The summed E-state index contributed by atoms with van der Waals surface area (Å²) in [5.74, 6) is 0. The molecular formula is C32H36N2. The van der Waals surface area contributed by atoms with Gasteiger partial charge in [-0.1, -0.05) is 83.9 Å². The number of hydrogen-bond donors (Lipinski definition) is 0. The van der Waals surface area contributed by atoms with Crippen LogP contribution in [0.5, 0.6) is 0 Å². The molecule has 0 fully saturated rings. The molecule has 0 saturated heterocycles. The van der Waals surface area contributed by atoms with Gasteiger partial charge >= 0.3 is 0 Å². The van der Waals surface area contributed by atoms with Gasteiger partial charge in [0, 0.05) is 37.6 Å². The summed E-state index contributed by atoms with van der Waals surface area (Å²) in [6, 6.07) is 35.6. The van der Waals surface area contributed by atoms with Crippen molar-refractivity contribution in [2.75, 3.05) is 22.9 Å². The van der Waals surface area contributed by atoms with Crippen molar-refractivity contribution >= 4 is 11.4 Å². The molecule has 174 valence electrons. The topological polar surface area (TPSA) is 6.48 Å². The van der Waals surface area contributed by atoms with E-state index in [0.29, 0.717) is 0 Å². The molecule has 0 spiro atoms. The molecule has 0 aromatic heterocycles. The average molecular weight is 449 g/mol. The fourth-order valence-corrected chi connectivity index (χ4v) is 4.33. The van der Waals surface area contributed by atoms with Crippen LogP contribution in [0.2, 0.25) is 0 Å². The van der Waals surface area contributed by atoms with Gasteiger partial charge in [0.1, 0.15) is 0 Å². The molecule has 0 radical (unpaired) electrons. The quantitative estimate of drug-likeness (QED) is 0.256. The Labute approximate surface area is 205 Å². The Morgan fingerprint density at radius 1 is 0.441 bits per heavy atom. The van der Waals surface area contributed by atoms with E-state index in [1.54, 1.807) is 0 Å². The Balaban J connectivity index is 1.41. The van der Waals surface area contributed by atoms with Gasteiger partial charge in [-0.2, -0.15) is 0 Å². The lowest BCUT2D eigenvalue weighted by atomic mass is 10.0. The lowest BCUT2D eigenvalue weighted by Gasteiger charge is -2.24. The zero-order chi connectivity index (χ0) is 23.9. The molecule has 34 heavy (non-hydrogen) atoms. The van der Waals surface area contributed by atoms with E-state index in [1.165, 1.54) is 44.8 Å². The summed E-state index contributed by atoms with van der Waals surface area (Å²) in [7, 11) is 0. The minimum atomic E-state index is 0.921. The van der Waals surface area contributed by atoms with Crippen molar-refractivity contribution in [2.24, 2.45) is 0 Å². The van der Waals surface area contributed by atoms with Gasteiger partial charge in [0.15, 0.2) is 0 Å². The van der Waals surface area contributed by atoms with E-state index >= 15 is 0 Å². The maximum absolute atomic E-state index is 2.41. The van der Waals surface area contributed by atoms with Gasteiger partial charge < -0.3 is 9.80 Å². The molecule has 4 aromatic rings. The lowest BCUT2D eigenvalue weighted by Crippen LogP contribution is -2.21. The van der Waals surface area contributed by atoms with E-state index in [4.69, 9.17) is 0 Å². The molecule has 0 aliphatic heterocycles. The van der Waals surface area contributed by atoms with Crippen molar-refractivity contribution in [3.8, 4) is 11.1 Å². The molecule has 0 heterocycles. The van der Waals surface area contributed by atoms with Crippen LogP contribution in [0.4, 0.5) is 11.4 Å². The van der Waals surface area contributed by atoms with Crippen molar-refractivity contribution < 1.29 is 0 Å². The lowest BCUT2D eigenvalue weighted by molar-refractivity contribution is 0.831. The summed E-state index contributed by atoms with van der Waals surface area (Å²) in [5, 5.41) is 0. The molecule has 0 aliphatic carbocycles. The van der Waals surface area contributed by atoms with Gasteiger partial charge in [-0.25, -0.2) is 0 Å². The van der Waals surface area contributed by atoms with Crippen molar-refractivity contribution in [3.05, 3.63) is 119 Å². The van der Waals surface area contributed by atoms with Crippen molar-refractivity contribution in [2.45, 2.75) is 40.8 Å². The standard InChI is InChI=1S/C32H36N2/c1-5-33(31-19-7-25(3)8-20-31)23-27-11-15-29(16-12-27)30-17-13-28(14-18-30)24-34(6-2)32-21-9-26(4)10-22-32/h7-22H,5-6,23-24H2,1-4H3. The normalized spacial score (nSPS) is 10.8. The summed E-state index contributed by atoms with van der Waals surface area (Å²) in [4.78, 5) is 4.83. The predicted octanol–water partition coefficient (Wildman–Crippen LogP) is 8.02. The van der Waals surface area contributed by atoms with E-state index in [2.05, 4.69) is 135 Å². The third-order valence-corrected chi connectivity index (χ3v) is 6.55. The van der Waals surface area contributed by atoms with Crippen LogP contribution < -0.4 is 9.80 Å². The van der Waals surface area contributed by atoms with Crippen LogP contribution in [0.15, 0.2) is 97.1 Å². The molecule has 0 aliphatic rings. The van der Waals surface area contributed by atoms with E-state index < -0.39 is 0 Å². The predicted molar refractivity (Wildman–Crippen MR) is 148 cm³/mol. The summed E-state index contributed by atoms with van der Waals surface area (Å²) in [5.41, 5.74) is 10.3. The van der Waals surface area contributed by atoms with E-state index in [-0.39, 0.29) is 0 Å². The van der Waals surface area contributed by atoms with Crippen LogP contribution in [0.1, 0.15) is 36.1 Å². The van der Waals surface area contributed by atoms with E-state index in [0.717, 1.165) is 26.2 Å². The van der Waals surface area contributed by atoms with Crippen molar-refractivity contribution in [1.82, 2.24) is 0 Å². The Bertz CT molecular complexity index is 1060. The monoisotopic (exact) mass is 448 g/mol. The molecule has 0 saturated carbocycles. The van der Waals surface area contributed by atoms with Gasteiger partial charge in [-0.05, 0) is 74.2 Å². The molecule has 4 rings (SSSR count). The van der Waals surface area contributed by atoms with Gasteiger partial charge in [0.25, 0.3) is 0 Å².